The molecular formula is C31H38BrN3O4S. The molecule has 214 valence electrons. The van der Waals surface area contributed by atoms with Crippen LogP contribution in [0.5, 0.6) is 0 Å². The number of carbonyl (C=O) groups excluding carboxylic acids is 2. The van der Waals surface area contributed by atoms with Crippen LogP contribution in [-0.2, 0) is 38.0 Å². The van der Waals surface area contributed by atoms with Gasteiger partial charge in [0, 0.05) is 24.0 Å². The summed E-state index contributed by atoms with van der Waals surface area (Å²) >= 11 is 3.44. The molecule has 0 spiro atoms. The number of hydrogen-bond acceptors (Lipinski definition) is 4. The summed E-state index contributed by atoms with van der Waals surface area (Å²) in [6.07, 6.45) is 1.37. The lowest BCUT2D eigenvalue weighted by Gasteiger charge is -2.33. The maximum Gasteiger partial charge on any atom is 0.244 e. The minimum absolute atomic E-state index is 0.108. The molecule has 0 saturated heterocycles. The number of likely N-dealkylation sites (N-methyl/N-ethyl adjacent to an activating group) is 1. The molecule has 0 saturated carbocycles. The average molecular weight is 629 g/mol. The summed E-state index contributed by atoms with van der Waals surface area (Å²) < 4.78 is 27.9. The third-order valence-corrected chi connectivity index (χ3v) is 8.26. The van der Waals surface area contributed by atoms with Crippen LogP contribution in [0.1, 0.15) is 44.4 Å². The van der Waals surface area contributed by atoms with Gasteiger partial charge in [-0.15, -0.1) is 0 Å². The van der Waals surface area contributed by atoms with Gasteiger partial charge in [-0.25, -0.2) is 8.42 Å². The molecule has 2 amide bonds. The quantitative estimate of drug-likeness (QED) is 0.313. The first-order valence-electron chi connectivity index (χ1n) is 13.2. The van der Waals surface area contributed by atoms with Crippen molar-refractivity contribution in [3.63, 3.8) is 0 Å². The molecule has 7 nitrogen and oxygen atoms in total. The van der Waals surface area contributed by atoms with Crippen molar-refractivity contribution in [2.75, 3.05) is 23.7 Å². The lowest BCUT2D eigenvalue weighted by atomic mass is 9.87. The van der Waals surface area contributed by atoms with Crippen LogP contribution in [0.25, 0.3) is 0 Å². The smallest absolute Gasteiger partial charge is 0.244 e. The summed E-state index contributed by atoms with van der Waals surface area (Å²) in [6.45, 7) is 8.16. The van der Waals surface area contributed by atoms with Gasteiger partial charge in [0.25, 0.3) is 0 Å². The Hall–Kier alpha value is -3.17. The molecule has 0 aliphatic heterocycles. The van der Waals surface area contributed by atoms with Crippen molar-refractivity contribution in [2.24, 2.45) is 0 Å². The molecule has 1 N–H and O–H groups in total. The van der Waals surface area contributed by atoms with Gasteiger partial charge in [-0.3, -0.25) is 13.9 Å². The van der Waals surface area contributed by atoms with E-state index in [9.17, 15) is 18.0 Å². The lowest BCUT2D eigenvalue weighted by molar-refractivity contribution is -0.140. The number of benzene rings is 3. The highest BCUT2D eigenvalue weighted by molar-refractivity contribution is 9.10. The summed E-state index contributed by atoms with van der Waals surface area (Å²) in [7, 11) is -3.81. The van der Waals surface area contributed by atoms with E-state index in [1.165, 1.54) is 4.90 Å². The highest BCUT2D eigenvalue weighted by atomic mass is 79.9. The van der Waals surface area contributed by atoms with E-state index in [1.807, 2.05) is 73.7 Å². The molecule has 0 heterocycles. The number of halogens is 1. The summed E-state index contributed by atoms with van der Waals surface area (Å²) in [4.78, 5) is 28.9. The monoisotopic (exact) mass is 627 g/mol. The fourth-order valence-electron chi connectivity index (χ4n) is 4.37. The van der Waals surface area contributed by atoms with E-state index < -0.39 is 28.5 Å². The van der Waals surface area contributed by atoms with Gasteiger partial charge >= 0.3 is 0 Å². The third-order valence-electron chi connectivity index (χ3n) is 6.59. The number of sulfonamides is 1. The number of amides is 2. The second-order valence-corrected chi connectivity index (χ2v) is 13.6. The SMILES string of the molecule is CCNC(=O)C(Cc1ccccc1)N(Cc1ccc(Br)cc1)C(=O)CN(c1ccc(C(C)(C)C)cc1)S(C)(=O)=O. The zero-order chi connectivity index (χ0) is 29.5. The van der Waals surface area contributed by atoms with Gasteiger partial charge in [-0.1, -0.05) is 91.3 Å². The molecule has 1 unspecified atom stereocenters. The second kappa shape index (κ2) is 13.5. The van der Waals surface area contributed by atoms with Crippen LogP contribution < -0.4 is 9.62 Å². The number of hydrogen-bond donors (Lipinski definition) is 1. The maximum atomic E-state index is 14.0. The van der Waals surface area contributed by atoms with E-state index in [0.717, 1.165) is 31.7 Å². The molecule has 0 aromatic heterocycles. The van der Waals surface area contributed by atoms with E-state index in [-0.39, 0.29) is 24.3 Å². The number of rotatable bonds is 11. The first-order valence-corrected chi connectivity index (χ1v) is 15.9. The highest BCUT2D eigenvalue weighted by Crippen LogP contribution is 2.26. The van der Waals surface area contributed by atoms with Crippen LogP contribution in [0.2, 0.25) is 0 Å². The van der Waals surface area contributed by atoms with Crippen molar-refractivity contribution in [1.29, 1.82) is 0 Å². The van der Waals surface area contributed by atoms with Crippen molar-refractivity contribution in [3.05, 3.63) is 100 Å². The molecule has 0 fully saturated rings. The van der Waals surface area contributed by atoms with Crippen LogP contribution >= 0.6 is 15.9 Å². The normalized spacial score (nSPS) is 12.4. The summed E-state index contributed by atoms with van der Waals surface area (Å²) in [5.41, 5.74) is 3.05. The lowest BCUT2D eigenvalue weighted by Crippen LogP contribution is -2.53. The minimum atomic E-state index is -3.81. The van der Waals surface area contributed by atoms with E-state index in [0.29, 0.717) is 12.2 Å². The summed E-state index contributed by atoms with van der Waals surface area (Å²) in [5, 5.41) is 2.86. The van der Waals surface area contributed by atoms with Crippen molar-refractivity contribution in [2.45, 2.75) is 52.1 Å². The zero-order valence-electron chi connectivity index (χ0n) is 23.7. The average Bonchev–Trinajstić information content (AvgIpc) is 2.90. The van der Waals surface area contributed by atoms with Gasteiger partial charge in [0.1, 0.15) is 12.6 Å². The Labute approximate surface area is 246 Å². The van der Waals surface area contributed by atoms with Crippen molar-refractivity contribution >= 4 is 43.5 Å². The standard InChI is InChI=1S/C31H38BrN3O4S/c1-6-33-30(37)28(20-23-10-8-7-9-11-23)34(21-24-12-16-26(32)17-13-24)29(36)22-35(40(5,38)39)27-18-14-25(15-19-27)31(2,3)4/h7-19,28H,6,20-22H2,1-5H3,(H,33,37). The highest BCUT2D eigenvalue weighted by Gasteiger charge is 2.33. The molecule has 3 rings (SSSR count). The Kier molecular flexibility index (Phi) is 10.6. The second-order valence-electron chi connectivity index (χ2n) is 10.8. The first-order chi connectivity index (χ1) is 18.8. The zero-order valence-corrected chi connectivity index (χ0v) is 26.1. The predicted octanol–water partition coefficient (Wildman–Crippen LogP) is 5.29. The molecule has 9 heteroatoms. The Morgan fingerprint density at radius 1 is 0.900 bits per heavy atom. The summed E-state index contributed by atoms with van der Waals surface area (Å²) in [6, 6.07) is 23.3. The molecule has 0 bridgehead atoms. The van der Waals surface area contributed by atoms with Gasteiger partial charge in [0.15, 0.2) is 0 Å². The Morgan fingerprint density at radius 2 is 1.50 bits per heavy atom. The number of nitrogens with one attached hydrogen (secondary N) is 1. The molecule has 40 heavy (non-hydrogen) atoms. The van der Waals surface area contributed by atoms with Crippen molar-refractivity contribution in [1.82, 2.24) is 10.2 Å². The summed E-state index contributed by atoms with van der Waals surface area (Å²) in [5.74, 6) is -0.766. The Bertz CT molecular complexity index is 1390. The topological polar surface area (TPSA) is 86.8 Å². The first kappa shape index (κ1) is 31.4. The molecule has 3 aromatic rings. The van der Waals surface area contributed by atoms with E-state index >= 15 is 0 Å². The largest absolute Gasteiger partial charge is 0.355 e. The molecular weight excluding hydrogens is 590 g/mol. The van der Waals surface area contributed by atoms with Gasteiger partial charge in [0.05, 0.1) is 11.9 Å². The molecule has 0 aliphatic rings. The van der Waals surface area contributed by atoms with E-state index in [2.05, 4.69) is 42.0 Å². The fourth-order valence-corrected chi connectivity index (χ4v) is 5.49. The van der Waals surface area contributed by atoms with E-state index in [1.54, 1.807) is 12.1 Å². The predicted molar refractivity (Wildman–Crippen MR) is 165 cm³/mol. The third kappa shape index (κ3) is 8.66. The molecule has 0 radical (unpaired) electrons. The number of carbonyl (C=O) groups is 2. The Balaban J connectivity index is 2.02. The van der Waals surface area contributed by atoms with Crippen LogP contribution in [0.15, 0.2) is 83.3 Å². The van der Waals surface area contributed by atoms with Crippen molar-refractivity contribution < 1.29 is 18.0 Å². The van der Waals surface area contributed by atoms with E-state index in [4.69, 9.17) is 0 Å². The minimum Gasteiger partial charge on any atom is -0.355 e. The van der Waals surface area contributed by atoms with Crippen LogP contribution in [0, 0.1) is 0 Å². The van der Waals surface area contributed by atoms with Gasteiger partial charge in [-0.05, 0) is 53.3 Å². The van der Waals surface area contributed by atoms with Crippen molar-refractivity contribution in [3.8, 4) is 0 Å². The Morgan fingerprint density at radius 3 is 2.02 bits per heavy atom. The van der Waals surface area contributed by atoms with Crippen LogP contribution in [-0.4, -0.2) is 50.5 Å². The number of anilines is 1. The fraction of sp³-hybridized carbons (Fsp3) is 0.355. The van der Waals surface area contributed by atoms with Crippen LogP contribution in [0.3, 0.4) is 0 Å². The van der Waals surface area contributed by atoms with Gasteiger partial charge < -0.3 is 10.2 Å². The maximum absolute atomic E-state index is 14.0. The van der Waals surface area contributed by atoms with Gasteiger partial charge in [-0.2, -0.15) is 0 Å². The molecule has 1 atom stereocenters. The number of nitrogens with zero attached hydrogens (tertiary/aromatic N) is 2. The van der Waals surface area contributed by atoms with Crippen LogP contribution in [0.4, 0.5) is 5.69 Å². The van der Waals surface area contributed by atoms with Gasteiger partial charge in [0.2, 0.25) is 21.8 Å². The molecule has 0 aliphatic carbocycles. The molecule has 3 aromatic carbocycles.